The Morgan fingerprint density at radius 1 is 1.08 bits per heavy atom. The molecule has 6 nitrogen and oxygen atoms in total. The summed E-state index contributed by atoms with van der Waals surface area (Å²) in [4.78, 5) is 26.2. The lowest BCUT2D eigenvalue weighted by Gasteiger charge is -2.29. The van der Waals surface area contributed by atoms with Gasteiger partial charge >= 0.3 is 11.8 Å². The van der Waals surface area contributed by atoms with Gasteiger partial charge in [0.05, 0.1) is 6.26 Å². The molecule has 2 aromatic rings. The Morgan fingerprint density at radius 2 is 1.81 bits per heavy atom. The van der Waals surface area contributed by atoms with E-state index in [0.29, 0.717) is 19.0 Å². The largest absolute Gasteiger partial charge is 0.467 e. The van der Waals surface area contributed by atoms with E-state index < -0.39 is 11.8 Å². The highest BCUT2D eigenvalue weighted by Crippen LogP contribution is 2.34. The number of para-hydroxylation sites is 1. The number of benzene rings is 1. The van der Waals surface area contributed by atoms with Gasteiger partial charge in [0.2, 0.25) is 0 Å². The van der Waals surface area contributed by atoms with E-state index in [0.717, 1.165) is 24.4 Å². The molecule has 2 heterocycles. The number of hydrogen-bond donors (Lipinski definition) is 2. The first kappa shape index (κ1) is 18.0. The fourth-order valence-corrected chi connectivity index (χ4v) is 3.18. The van der Waals surface area contributed by atoms with Crippen molar-refractivity contribution in [1.82, 2.24) is 10.6 Å². The Kier molecular flexibility index (Phi) is 5.61. The molecule has 2 N–H and O–H groups in total. The molecule has 0 saturated carbocycles. The van der Waals surface area contributed by atoms with E-state index in [-0.39, 0.29) is 6.04 Å². The first-order valence-corrected chi connectivity index (χ1v) is 9.00. The van der Waals surface area contributed by atoms with Gasteiger partial charge in [-0.05, 0) is 36.1 Å². The second-order valence-electron chi connectivity index (χ2n) is 6.92. The molecule has 26 heavy (non-hydrogen) atoms. The molecule has 0 radical (unpaired) electrons. The second-order valence-corrected chi connectivity index (χ2v) is 6.92. The smallest absolute Gasteiger partial charge is 0.309 e. The third-order valence-corrected chi connectivity index (χ3v) is 4.50. The van der Waals surface area contributed by atoms with Crippen LogP contribution in [0.2, 0.25) is 0 Å². The minimum Gasteiger partial charge on any atom is -0.467 e. The van der Waals surface area contributed by atoms with Crippen LogP contribution >= 0.6 is 0 Å². The molecule has 1 aliphatic rings. The zero-order valence-corrected chi connectivity index (χ0v) is 15.2. The van der Waals surface area contributed by atoms with Crippen molar-refractivity contribution in [2.45, 2.75) is 26.3 Å². The zero-order valence-electron chi connectivity index (χ0n) is 15.2. The highest BCUT2D eigenvalue weighted by Gasteiger charge is 2.29. The van der Waals surface area contributed by atoms with Gasteiger partial charge in [0, 0.05) is 25.3 Å². The van der Waals surface area contributed by atoms with E-state index in [1.54, 1.807) is 6.26 Å². The number of hydrogen-bond acceptors (Lipinski definition) is 4. The molecule has 1 aromatic heterocycles. The maximum Gasteiger partial charge on any atom is 0.309 e. The zero-order chi connectivity index (χ0) is 18.5. The Bertz CT molecular complexity index is 755. The number of rotatable bonds is 6. The Labute approximate surface area is 153 Å². The van der Waals surface area contributed by atoms with Crippen molar-refractivity contribution in [3.8, 4) is 0 Å². The first-order chi connectivity index (χ1) is 12.6. The molecule has 0 fully saturated rings. The summed E-state index contributed by atoms with van der Waals surface area (Å²) in [6.07, 6.45) is 2.58. The van der Waals surface area contributed by atoms with Crippen molar-refractivity contribution >= 4 is 17.5 Å². The Hall–Kier alpha value is -2.76. The highest BCUT2D eigenvalue weighted by molar-refractivity contribution is 6.35. The van der Waals surface area contributed by atoms with Crippen LogP contribution in [-0.2, 0) is 16.0 Å². The van der Waals surface area contributed by atoms with Gasteiger partial charge in [0.15, 0.2) is 0 Å². The van der Waals surface area contributed by atoms with Crippen LogP contribution in [0.1, 0.15) is 31.2 Å². The summed E-state index contributed by atoms with van der Waals surface area (Å²) in [6.45, 7) is 5.59. The van der Waals surface area contributed by atoms with Crippen LogP contribution in [0.5, 0.6) is 0 Å². The van der Waals surface area contributed by atoms with Crippen LogP contribution in [0.4, 0.5) is 5.69 Å². The molecule has 1 unspecified atom stereocenters. The lowest BCUT2D eigenvalue weighted by molar-refractivity contribution is -0.139. The summed E-state index contributed by atoms with van der Waals surface area (Å²) in [5.74, 6) is -0.151. The molecule has 1 aliphatic heterocycles. The van der Waals surface area contributed by atoms with Gasteiger partial charge in [-0.15, -0.1) is 0 Å². The quantitative estimate of drug-likeness (QED) is 0.780. The SMILES string of the molecule is CC(C)CNC(=O)C(=O)NCC(c1ccco1)N1CCc2ccccc21. The summed E-state index contributed by atoms with van der Waals surface area (Å²) < 4.78 is 5.60. The van der Waals surface area contributed by atoms with Gasteiger partial charge < -0.3 is 20.0 Å². The van der Waals surface area contributed by atoms with Crippen LogP contribution in [0, 0.1) is 5.92 Å². The summed E-state index contributed by atoms with van der Waals surface area (Å²) in [5, 5.41) is 5.39. The van der Waals surface area contributed by atoms with Crippen molar-refractivity contribution in [1.29, 1.82) is 0 Å². The van der Waals surface area contributed by atoms with Crippen molar-refractivity contribution < 1.29 is 14.0 Å². The van der Waals surface area contributed by atoms with Crippen molar-refractivity contribution in [2.75, 3.05) is 24.5 Å². The molecule has 1 aromatic carbocycles. The number of nitrogens with zero attached hydrogens (tertiary/aromatic N) is 1. The first-order valence-electron chi connectivity index (χ1n) is 9.00. The van der Waals surface area contributed by atoms with Crippen LogP contribution in [0.3, 0.4) is 0 Å². The van der Waals surface area contributed by atoms with Gasteiger partial charge in [-0.1, -0.05) is 32.0 Å². The van der Waals surface area contributed by atoms with Gasteiger partial charge in [-0.2, -0.15) is 0 Å². The average molecular weight is 355 g/mol. The predicted molar refractivity (Wildman–Crippen MR) is 99.8 cm³/mol. The highest BCUT2D eigenvalue weighted by atomic mass is 16.3. The number of carbonyl (C=O) groups excluding carboxylic acids is 2. The van der Waals surface area contributed by atoms with Crippen molar-refractivity contribution in [2.24, 2.45) is 5.92 Å². The predicted octanol–water partition coefficient (Wildman–Crippen LogP) is 2.27. The van der Waals surface area contributed by atoms with Gasteiger partial charge in [0.25, 0.3) is 0 Å². The van der Waals surface area contributed by atoms with Gasteiger partial charge in [0.1, 0.15) is 11.8 Å². The number of amides is 2. The van der Waals surface area contributed by atoms with Crippen LogP contribution in [0.25, 0.3) is 0 Å². The summed E-state index contributed by atoms with van der Waals surface area (Å²) in [5.41, 5.74) is 2.43. The monoisotopic (exact) mass is 355 g/mol. The molecular weight excluding hydrogens is 330 g/mol. The van der Waals surface area contributed by atoms with E-state index in [1.807, 2.05) is 38.1 Å². The number of nitrogens with one attached hydrogen (secondary N) is 2. The molecule has 0 aliphatic carbocycles. The lowest BCUT2D eigenvalue weighted by atomic mass is 10.1. The molecule has 138 valence electrons. The minimum absolute atomic E-state index is 0.157. The third-order valence-electron chi connectivity index (χ3n) is 4.50. The summed E-state index contributed by atoms with van der Waals surface area (Å²) in [6, 6.07) is 11.8. The number of fused-ring (bicyclic) bond motifs is 1. The normalized spacial score (nSPS) is 14.2. The van der Waals surface area contributed by atoms with Gasteiger partial charge in [-0.3, -0.25) is 9.59 Å². The summed E-state index contributed by atoms with van der Waals surface area (Å²) in [7, 11) is 0. The molecule has 3 rings (SSSR count). The molecule has 6 heteroatoms. The van der Waals surface area contributed by atoms with Crippen LogP contribution < -0.4 is 15.5 Å². The minimum atomic E-state index is -0.616. The molecule has 0 saturated heterocycles. The maximum absolute atomic E-state index is 12.1. The molecule has 0 bridgehead atoms. The molecule has 1 atom stereocenters. The Morgan fingerprint density at radius 3 is 2.50 bits per heavy atom. The van der Waals surface area contributed by atoms with Crippen LogP contribution in [-0.4, -0.2) is 31.4 Å². The molecular formula is C20H25N3O3. The third kappa shape index (κ3) is 4.07. The maximum atomic E-state index is 12.1. The van der Waals surface area contributed by atoms with Gasteiger partial charge in [-0.25, -0.2) is 0 Å². The summed E-state index contributed by atoms with van der Waals surface area (Å²) >= 11 is 0. The Balaban J connectivity index is 1.69. The number of furan rings is 1. The van der Waals surface area contributed by atoms with Crippen molar-refractivity contribution in [3.05, 3.63) is 54.0 Å². The molecule has 0 spiro atoms. The topological polar surface area (TPSA) is 74.6 Å². The van der Waals surface area contributed by atoms with E-state index in [4.69, 9.17) is 4.42 Å². The fourth-order valence-electron chi connectivity index (χ4n) is 3.18. The van der Waals surface area contributed by atoms with E-state index in [2.05, 4.69) is 27.7 Å². The van der Waals surface area contributed by atoms with E-state index >= 15 is 0 Å². The average Bonchev–Trinajstić information content (AvgIpc) is 3.30. The van der Waals surface area contributed by atoms with E-state index in [1.165, 1.54) is 5.56 Å². The second kappa shape index (κ2) is 8.08. The van der Waals surface area contributed by atoms with Crippen molar-refractivity contribution in [3.63, 3.8) is 0 Å². The van der Waals surface area contributed by atoms with Crippen LogP contribution in [0.15, 0.2) is 47.1 Å². The number of anilines is 1. The number of carbonyl (C=O) groups is 2. The lowest BCUT2D eigenvalue weighted by Crippen LogP contribution is -2.44. The standard InChI is InChI=1S/C20H25N3O3/c1-14(2)12-21-19(24)20(25)22-13-17(18-8-5-11-26-18)23-10-9-15-6-3-4-7-16(15)23/h3-8,11,14,17H,9-10,12-13H2,1-2H3,(H,21,24)(H,22,25). The fraction of sp³-hybridized carbons (Fsp3) is 0.400. The molecule has 2 amide bonds. The van der Waals surface area contributed by atoms with E-state index in [9.17, 15) is 9.59 Å².